The zero-order chi connectivity index (χ0) is 21.8. The van der Waals surface area contributed by atoms with Gasteiger partial charge in [0, 0.05) is 12.5 Å². The van der Waals surface area contributed by atoms with Crippen LogP contribution >= 0.6 is 0 Å². The van der Waals surface area contributed by atoms with Gasteiger partial charge in [-0.15, -0.1) is 0 Å². The van der Waals surface area contributed by atoms with E-state index in [2.05, 4.69) is 14.5 Å². The van der Waals surface area contributed by atoms with Gasteiger partial charge in [-0.05, 0) is 26.0 Å². The van der Waals surface area contributed by atoms with Crippen LogP contribution in [0.15, 0.2) is 23.2 Å². The van der Waals surface area contributed by atoms with Crippen molar-refractivity contribution in [3.63, 3.8) is 0 Å². The van der Waals surface area contributed by atoms with E-state index < -0.39 is 23.7 Å². The maximum atomic E-state index is 13.2. The molecule has 0 atom stereocenters. The zero-order valence-electron chi connectivity index (χ0n) is 15.6. The number of hydroxylamine groups is 2. The summed E-state index contributed by atoms with van der Waals surface area (Å²) >= 11 is 0. The highest BCUT2D eigenvalue weighted by Crippen LogP contribution is 2.47. The third kappa shape index (κ3) is 5.53. The molecule has 1 aromatic rings. The van der Waals surface area contributed by atoms with E-state index in [-0.39, 0.29) is 36.9 Å². The molecule has 1 aliphatic heterocycles. The van der Waals surface area contributed by atoms with Gasteiger partial charge in [0.1, 0.15) is 5.75 Å². The average Bonchev–Trinajstić information content (AvgIpc) is 2.57. The van der Waals surface area contributed by atoms with Crippen LogP contribution in [-0.4, -0.2) is 48.5 Å². The topological polar surface area (TPSA) is 128 Å². The fourth-order valence-corrected chi connectivity index (χ4v) is 2.18. The number of nitrogens with two attached hydrogens (primary N) is 2. The lowest BCUT2D eigenvalue weighted by Gasteiger charge is -2.31. The van der Waals surface area contributed by atoms with Gasteiger partial charge in [-0.2, -0.15) is 22.6 Å². The van der Waals surface area contributed by atoms with Gasteiger partial charge in [0.05, 0.1) is 19.3 Å². The number of benzene rings is 1. The van der Waals surface area contributed by atoms with E-state index in [1.54, 1.807) is 13.8 Å². The molecule has 0 aliphatic carbocycles. The molecule has 0 bridgehead atoms. The fraction of sp³-hybridized carbons (Fsp3) is 0.500. The summed E-state index contributed by atoms with van der Waals surface area (Å²) in [5.74, 6) is -1.53. The molecule has 0 radical (unpaired) electrons. The van der Waals surface area contributed by atoms with Crippen molar-refractivity contribution in [2.75, 3.05) is 13.2 Å². The highest BCUT2D eigenvalue weighted by atomic mass is 19.3. The molecule has 0 amide bonds. The molecule has 0 saturated carbocycles. The first-order valence-electron chi connectivity index (χ1n) is 8.44. The zero-order valence-corrected chi connectivity index (χ0v) is 15.6. The van der Waals surface area contributed by atoms with Crippen molar-refractivity contribution in [3.05, 3.63) is 18.2 Å². The maximum Gasteiger partial charge on any atom is 0.507 e. The number of rotatable bonds is 7. The SMILES string of the molecule is CC(C)N(OCCCOc1ccc2c(c1)OC(F)(F)C(F)(F)O2)C(=N)N=C(N)N. The Morgan fingerprint density at radius 3 is 2.34 bits per heavy atom. The van der Waals surface area contributed by atoms with E-state index in [0.29, 0.717) is 6.42 Å². The third-order valence-corrected chi connectivity index (χ3v) is 3.43. The summed E-state index contributed by atoms with van der Waals surface area (Å²) in [6.07, 6.45) is -9.22. The second-order valence-corrected chi connectivity index (χ2v) is 6.16. The van der Waals surface area contributed by atoms with Crippen LogP contribution in [0, 0.1) is 5.41 Å². The van der Waals surface area contributed by atoms with Crippen molar-refractivity contribution in [2.24, 2.45) is 16.5 Å². The molecule has 0 saturated heterocycles. The largest absolute Gasteiger partial charge is 0.507 e. The van der Waals surface area contributed by atoms with Crippen LogP contribution < -0.4 is 25.7 Å². The summed E-state index contributed by atoms with van der Waals surface area (Å²) < 4.78 is 66.1. The molecule has 9 nitrogen and oxygen atoms in total. The maximum absolute atomic E-state index is 13.2. The first-order chi connectivity index (χ1) is 13.4. The predicted octanol–water partition coefficient (Wildman–Crippen LogP) is 2.26. The quantitative estimate of drug-likeness (QED) is 0.202. The molecule has 2 rings (SSSR count). The molecule has 0 fully saturated rings. The Morgan fingerprint density at radius 2 is 1.76 bits per heavy atom. The minimum atomic E-state index is -4.80. The summed E-state index contributed by atoms with van der Waals surface area (Å²) in [4.78, 5) is 9.02. The lowest BCUT2D eigenvalue weighted by Crippen LogP contribution is -2.52. The highest BCUT2D eigenvalue weighted by molar-refractivity contribution is 5.91. The second-order valence-electron chi connectivity index (χ2n) is 6.16. The van der Waals surface area contributed by atoms with Gasteiger partial charge >= 0.3 is 12.2 Å². The molecule has 29 heavy (non-hydrogen) atoms. The molecule has 13 heteroatoms. The second kappa shape index (κ2) is 8.59. The van der Waals surface area contributed by atoms with Crippen LogP contribution in [0.3, 0.4) is 0 Å². The standard InChI is InChI=1S/C16H21F4N5O4/c1-9(2)25(14(23)24-13(21)22)27-7-3-6-26-10-4-5-11-12(8-10)29-16(19,20)15(17,18)28-11/h4-5,8-9H,3,6-7H2,1-2H3,(H5,21,22,23,24). The van der Waals surface area contributed by atoms with Crippen molar-refractivity contribution in [1.29, 1.82) is 5.41 Å². The Labute approximate surface area is 163 Å². The van der Waals surface area contributed by atoms with Gasteiger partial charge < -0.3 is 25.7 Å². The van der Waals surface area contributed by atoms with Crippen molar-refractivity contribution in [3.8, 4) is 17.2 Å². The van der Waals surface area contributed by atoms with Gasteiger partial charge in [-0.1, -0.05) is 0 Å². The van der Waals surface area contributed by atoms with Crippen molar-refractivity contribution < 1.29 is 36.6 Å². The number of nitrogens with one attached hydrogen (secondary N) is 1. The lowest BCUT2D eigenvalue weighted by atomic mass is 10.2. The summed E-state index contributed by atoms with van der Waals surface area (Å²) in [6.45, 7) is 3.77. The Morgan fingerprint density at radius 1 is 1.14 bits per heavy atom. The van der Waals surface area contributed by atoms with Gasteiger partial charge in [0.15, 0.2) is 17.5 Å². The Hall–Kier alpha value is -2.96. The number of fused-ring (bicyclic) bond motifs is 1. The minimum Gasteiger partial charge on any atom is -0.493 e. The Bertz CT molecular complexity index is 772. The summed E-state index contributed by atoms with van der Waals surface area (Å²) in [5, 5.41) is 8.95. The summed E-state index contributed by atoms with van der Waals surface area (Å²) in [7, 11) is 0. The van der Waals surface area contributed by atoms with Crippen LogP contribution in [0.4, 0.5) is 17.6 Å². The predicted molar refractivity (Wildman–Crippen MR) is 94.2 cm³/mol. The van der Waals surface area contributed by atoms with Gasteiger partial charge in [0.25, 0.3) is 0 Å². The molecule has 0 spiro atoms. The first kappa shape index (κ1) is 22.3. The van der Waals surface area contributed by atoms with Crippen LogP contribution in [0.25, 0.3) is 0 Å². The van der Waals surface area contributed by atoms with Crippen LogP contribution in [0.1, 0.15) is 20.3 Å². The fourth-order valence-electron chi connectivity index (χ4n) is 2.18. The van der Waals surface area contributed by atoms with Crippen LogP contribution in [0.2, 0.25) is 0 Å². The molecular formula is C16H21F4N5O4. The van der Waals surface area contributed by atoms with Gasteiger partial charge in [0.2, 0.25) is 5.96 Å². The molecule has 0 aromatic heterocycles. The van der Waals surface area contributed by atoms with Crippen LogP contribution in [-0.2, 0) is 4.84 Å². The monoisotopic (exact) mass is 423 g/mol. The number of halogens is 4. The molecule has 5 N–H and O–H groups in total. The number of aliphatic imine (C=N–C) groups is 1. The Kier molecular flexibility index (Phi) is 6.62. The van der Waals surface area contributed by atoms with Crippen molar-refractivity contribution in [2.45, 2.75) is 38.5 Å². The smallest absolute Gasteiger partial charge is 0.493 e. The van der Waals surface area contributed by atoms with E-state index in [4.69, 9.17) is 26.5 Å². The molecule has 1 aromatic carbocycles. The number of nitrogens with zero attached hydrogens (tertiary/aromatic N) is 2. The van der Waals surface area contributed by atoms with E-state index >= 15 is 0 Å². The first-order valence-corrected chi connectivity index (χ1v) is 8.44. The third-order valence-electron chi connectivity index (χ3n) is 3.43. The Balaban J connectivity index is 1.86. The van der Waals surface area contributed by atoms with Crippen molar-refractivity contribution in [1.82, 2.24) is 5.06 Å². The average molecular weight is 423 g/mol. The summed E-state index contributed by atoms with van der Waals surface area (Å²) in [6, 6.07) is 3.12. The molecule has 0 unspecified atom stereocenters. The number of hydrogen-bond acceptors (Lipinski definition) is 5. The molecule has 1 heterocycles. The number of ether oxygens (including phenoxy) is 3. The molecule has 162 valence electrons. The number of guanidine groups is 2. The van der Waals surface area contributed by atoms with E-state index in [9.17, 15) is 17.6 Å². The normalized spacial score (nSPS) is 16.2. The lowest BCUT2D eigenvalue weighted by molar-refractivity contribution is -0.391. The van der Waals surface area contributed by atoms with E-state index in [1.165, 1.54) is 11.1 Å². The van der Waals surface area contributed by atoms with E-state index in [0.717, 1.165) is 12.1 Å². The highest BCUT2D eigenvalue weighted by Gasteiger charge is 2.65. The van der Waals surface area contributed by atoms with E-state index in [1.807, 2.05) is 0 Å². The molecule has 1 aliphatic rings. The van der Waals surface area contributed by atoms with Crippen LogP contribution in [0.5, 0.6) is 17.2 Å². The number of alkyl halides is 4. The number of hydrogen-bond donors (Lipinski definition) is 3. The van der Waals surface area contributed by atoms with Gasteiger partial charge in [-0.25, -0.2) is 5.06 Å². The van der Waals surface area contributed by atoms with Crippen molar-refractivity contribution >= 4 is 11.9 Å². The van der Waals surface area contributed by atoms with Gasteiger partial charge in [-0.3, -0.25) is 10.2 Å². The minimum absolute atomic E-state index is 0.105. The molecular weight excluding hydrogens is 402 g/mol. The summed E-state index contributed by atoms with van der Waals surface area (Å²) in [5.41, 5.74) is 10.5.